The van der Waals surface area contributed by atoms with Gasteiger partial charge in [0.15, 0.2) is 5.78 Å². The minimum atomic E-state index is -4.31. The van der Waals surface area contributed by atoms with Crippen molar-refractivity contribution in [2.24, 2.45) is 0 Å². The molecule has 0 fully saturated rings. The topological polar surface area (TPSA) is 30.0 Å². The summed E-state index contributed by atoms with van der Waals surface area (Å²) < 4.78 is 36.2. The number of Topliss-reactive ketones (excluding diaryl/α,β-unsaturated/α-hetero) is 1. The zero-order chi connectivity index (χ0) is 13.2. The van der Waals surface area contributed by atoms with Gasteiger partial charge in [-0.1, -0.05) is 24.3 Å². The lowest BCUT2D eigenvalue weighted by Gasteiger charge is -2.07. The van der Waals surface area contributed by atoms with E-state index in [-0.39, 0.29) is 5.56 Å². The van der Waals surface area contributed by atoms with Crippen LogP contribution in [0.4, 0.5) is 13.2 Å². The van der Waals surface area contributed by atoms with Gasteiger partial charge in [0.05, 0.1) is 6.42 Å². The molecule has 1 aromatic heterocycles. The number of carbonyl (C=O) groups excluding carboxylic acids is 1. The van der Waals surface area contributed by atoms with Crippen LogP contribution in [0.5, 0.6) is 0 Å². The normalized spacial score (nSPS) is 11.7. The number of hydrogen-bond donors (Lipinski definition) is 0. The average Bonchev–Trinajstić information content (AvgIpc) is 2.34. The van der Waals surface area contributed by atoms with Gasteiger partial charge in [-0.2, -0.15) is 13.2 Å². The van der Waals surface area contributed by atoms with Crippen LogP contribution in [0.1, 0.15) is 23.2 Å². The first kappa shape index (κ1) is 12.5. The molecule has 94 valence electrons. The first-order valence-electron chi connectivity index (χ1n) is 5.40. The number of pyridine rings is 1. The molecular weight excluding hydrogens is 243 g/mol. The molecule has 5 heteroatoms. The monoisotopic (exact) mass is 253 g/mol. The fraction of sp³-hybridized carbons (Fsp3) is 0.231. The van der Waals surface area contributed by atoms with E-state index in [4.69, 9.17) is 0 Å². The van der Waals surface area contributed by atoms with Crippen LogP contribution in [-0.4, -0.2) is 16.9 Å². The molecule has 2 nitrogen and oxygen atoms in total. The third-order valence-corrected chi connectivity index (χ3v) is 2.60. The molecule has 1 aromatic carbocycles. The Bertz CT molecular complexity index is 572. The number of benzene rings is 1. The van der Waals surface area contributed by atoms with Crippen LogP contribution in [0.25, 0.3) is 10.8 Å². The quantitative estimate of drug-likeness (QED) is 0.779. The molecule has 2 aromatic rings. The Labute approximate surface area is 101 Å². The third kappa shape index (κ3) is 2.85. The molecule has 0 N–H and O–H groups in total. The number of carbonyl (C=O) groups is 1. The van der Waals surface area contributed by atoms with Gasteiger partial charge in [0, 0.05) is 29.8 Å². The molecule has 0 radical (unpaired) electrons. The molecule has 0 bridgehead atoms. The highest BCUT2D eigenvalue weighted by Crippen LogP contribution is 2.24. The van der Waals surface area contributed by atoms with Crippen LogP contribution in [0.3, 0.4) is 0 Å². The van der Waals surface area contributed by atoms with Crippen LogP contribution in [0, 0.1) is 0 Å². The number of aromatic nitrogens is 1. The molecule has 0 aliphatic carbocycles. The van der Waals surface area contributed by atoms with Crippen LogP contribution in [0.15, 0.2) is 36.7 Å². The first-order valence-corrected chi connectivity index (χ1v) is 5.40. The molecule has 0 aliphatic heterocycles. The molecule has 2 rings (SSSR count). The largest absolute Gasteiger partial charge is 0.389 e. The highest BCUT2D eigenvalue weighted by atomic mass is 19.4. The van der Waals surface area contributed by atoms with E-state index in [9.17, 15) is 18.0 Å². The second kappa shape index (κ2) is 4.76. The summed E-state index contributed by atoms with van der Waals surface area (Å²) in [5.41, 5.74) is 0.248. The summed E-state index contributed by atoms with van der Waals surface area (Å²) >= 11 is 0. The Morgan fingerprint density at radius 1 is 1.17 bits per heavy atom. The Morgan fingerprint density at radius 3 is 2.61 bits per heavy atom. The minimum Gasteiger partial charge on any atom is -0.294 e. The van der Waals surface area contributed by atoms with Crippen molar-refractivity contribution in [3.05, 3.63) is 42.2 Å². The summed E-state index contributed by atoms with van der Waals surface area (Å²) in [6.07, 6.45) is -3.06. The molecule has 0 atom stereocenters. The predicted molar refractivity (Wildman–Crippen MR) is 61.4 cm³/mol. The maximum absolute atomic E-state index is 12.1. The van der Waals surface area contributed by atoms with Crippen molar-refractivity contribution in [3.8, 4) is 0 Å². The lowest BCUT2D eigenvalue weighted by molar-refractivity contribution is -0.133. The number of rotatable bonds is 3. The Kier molecular flexibility index (Phi) is 3.32. The van der Waals surface area contributed by atoms with E-state index in [0.29, 0.717) is 5.39 Å². The molecule has 0 amide bonds. The average molecular weight is 253 g/mol. The van der Waals surface area contributed by atoms with Crippen molar-refractivity contribution < 1.29 is 18.0 Å². The maximum Gasteiger partial charge on any atom is 0.389 e. The van der Waals surface area contributed by atoms with Gasteiger partial charge < -0.3 is 0 Å². The number of halogens is 3. The van der Waals surface area contributed by atoms with Gasteiger partial charge in [-0.3, -0.25) is 9.78 Å². The molecule has 0 saturated heterocycles. The fourth-order valence-electron chi connectivity index (χ4n) is 1.73. The highest BCUT2D eigenvalue weighted by molar-refractivity contribution is 6.07. The summed E-state index contributed by atoms with van der Waals surface area (Å²) in [5, 5.41) is 1.38. The van der Waals surface area contributed by atoms with E-state index >= 15 is 0 Å². The Hall–Kier alpha value is -1.91. The van der Waals surface area contributed by atoms with Crippen molar-refractivity contribution in [1.82, 2.24) is 4.98 Å². The van der Waals surface area contributed by atoms with Crippen molar-refractivity contribution >= 4 is 16.6 Å². The summed E-state index contributed by atoms with van der Waals surface area (Å²) in [4.78, 5) is 15.6. The van der Waals surface area contributed by atoms with E-state index in [0.717, 1.165) is 5.39 Å². The lowest BCUT2D eigenvalue weighted by Crippen LogP contribution is -2.11. The Morgan fingerprint density at radius 2 is 1.89 bits per heavy atom. The molecule has 0 saturated carbocycles. The first-order chi connectivity index (χ1) is 8.47. The van der Waals surface area contributed by atoms with E-state index in [2.05, 4.69) is 4.98 Å². The van der Waals surface area contributed by atoms with E-state index in [1.54, 1.807) is 30.5 Å². The van der Waals surface area contributed by atoms with Crippen LogP contribution in [-0.2, 0) is 0 Å². The molecule has 0 aliphatic rings. The molecule has 1 heterocycles. The summed E-state index contributed by atoms with van der Waals surface area (Å²) in [6, 6.07) is 7.00. The van der Waals surface area contributed by atoms with Gasteiger partial charge in [0.2, 0.25) is 0 Å². The summed E-state index contributed by atoms with van der Waals surface area (Å²) in [6.45, 7) is 0. The van der Waals surface area contributed by atoms with Crippen LogP contribution >= 0.6 is 0 Å². The summed E-state index contributed by atoms with van der Waals surface area (Å²) in [5.74, 6) is -0.531. The number of nitrogens with zero attached hydrogens (tertiary/aromatic N) is 1. The van der Waals surface area contributed by atoms with Gasteiger partial charge in [0.1, 0.15) is 0 Å². The van der Waals surface area contributed by atoms with Gasteiger partial charge in [-0.25, -0.2) is 0 Å². The van der Waals surface area contributed by atoms with Crippen LogP contribution in [0.2, 0.25) is 0 Å². The van der Waals surface area contributed by atoms with E-state index in [1.165, 1.54) is 6.20 Å². The van der Waals surface area contributed by atoms with Crippen LogP contribution < -0.4 is 0 Å². The van der Waals surface area contributed by atoms with Crippen molar-refractivity contribution in [2.45, 2.75) is 19.0 Å². The summed E-state index contributed by atoms with van der Waals surface area (Å²) in [7, 11) is 0. The lowest BCUT2D eigenvalue weighted by atomic mass is 10.0. The van der Waals surface area contributed by atoms with Crippen molar-refractivity contribution in [2.75, 3.05) is 0 Å². The standard InChI is InChI=1S/C13H10F3NO/c14-13(15,16)6-5-12(18)11-8-17-7-9-3-1-2-4-10(9)11/h1-4,7-8H,5-6H2. The number of hydrogen-bond acceptors (Lipinski definition) is 2. The van der Waals surface area contributed by atoms with Gasteiger partial charge in [-0.05, 0) is 5.39 Å². The van der Waals surface area contributed by atoms with E-state index < -0.39 is 24.8 Å². The highest BCUT2D eigenvalue weighted by Gasteiger charge is 2.28. The third-order valence-electron chi connectivity index (χ3n) is 2.60. The number of fused-ring (bicyclic) bond motifs is 1. The van der Waals surface area contributed by atoms with Crippen molar-refractivity contribution in [3.63, 3.8) is 0 Å². The molecular formula is C13H10F3NO. The second-order valence-electron chi connectivity index (χ2n) is 3.95. The second-order valence-corrected chi connectivity index (χ2v) is 3.95. The Balaban J connectivity index is 2.28. The number of ketones is 1. The number of alkyl halides is 3. The zero-order valence-electron chi connectivity index (χ0n) is 9.37. The zero-order valence-corrected chi connectivity index (χ0v) is 9.37. The SMILES string of the molecule is O=C(CCC(F)(F)F)c1cncc2ccccc12. The van der Waals surface area contributed by atoms with E-state index in [1.807, 2.05) is 0 Å². The van der Waals surface area contributed by atoms with Gasteiger partial charge >= 0.3 is 6.18 Å². The van der Waals surface area contributed by atoms with Crippen molar-refractivity contribution in [1.29, 1.82) is 0 Å². The predicted octanol–water partition coefficient (Wildman–Crippen LogP) is 3.76. The maximum atomic E-state index is 12.1. The fourth-order valence-corrected chi connectivity index (χ4v) is 1.73. The molecule has 0 spiro atoms. The molecule has 18 heavy (non-hydrogen) atoms. The van der Waals surface area contributed by atoms with Gasteiger partial charge in [0.25, 0.3) is 0 Å². The molecule has 0 unspecified atom stereocenters. The minimum absolute atomic E-state index is 0.248. The smallest absolute Gasteiger partial charge is 0.294 e. The van der Waals surface area contributed by atoms with Gasteiger partial charge in [-0.15, -0.1) is 0 Å².